The third kappa shape index (κ3) is 5.15. The van der Waals surface area contributed by atoms with E-state index in [1.807, 2.05) is 31.2 Å². The minimum atomic E-state index is -0.0416. The van der Waals surface area contributed by atoms with Gasteiger partial charge in [0.1, 0.15) is 18.1 Å². The molecule has 0 saturated carbocycles. The van der Waals surface area contributed by atoms with Crippen molar-refractivity contribution < 1.29 is 14.3 Å². The summed E-state index contributed by atoms with van der Waals surface area (Å²) in [6, 6.07) is 14.7. The molecule has 0 N–H and O–H groups in total. The van der Waals surface area contributed by atoms with Gasteiger partial charge >= 0.3 is 0 Å². The van der Waals surface area contributed by atoms with Gasteiger partial charge in [0.15, 0.2) is 5.78 Å². The zero-order chi connectivity index (χ0) is 16.5. The van der Waals surface area contributed by atoms with E-state index in [1.165, 1.54) is 0 Å². The molecule has 0 radical (unpaired) electrons. The Morgan fingerprint density at radius 2 is 1.61 bits per heavy atom. The van der Waals surface area contributed by atoms with Gasteiger partial charge < -0.3 is 9.47 Å². The first-order valence-corrected chi connectivity index (χ1v) is 7.52. The van der Waals surface area contributed by atoms with Crippen molar-refractivity contribution in [1.82, 2.24) is 0 Å². The summed E-state index contributed by atoms with van der Waals surface area (Å²) in [5.74, 6) is 1.50. The van der Waals surface area contributed by atoms with E-state index in [2.05, 4.69) is 6.58 Å². The third-order valence-electron chi connectivity index (χ3n) is 3.12. The lowest BCUT2D eigenvalue weighted by Crippen LogP contribution is -1.96. The molecule has 2 aromatic carbocycles. The van der Waals surface area contributed by atoms with Crippen LogP contribution in [0.2, 0.25) is 0 Å². The van der Waals surface area contributed by atoms with Crippen LogP contribution >= 0.6 is 0 Å². The van der Waals surface area contributed by atoms with Crippen molar-refractivity contribution in [3.8, 4) is 11.5 Å². The highest BCUT2D eigenvalue weighted by Crippen LogP contribution is 2.15. The van der Waals surface area contributed by atoms with Crippen LogP contribution in [0.3, 0.4) is 0 Å². The SMILES string of the molecule is C=CCOc1ccc(/C=C/C(=O)c2ccc(OCC)cc2)cc1. The number of ketones is 1. The summed E-state index contributed by atoms with van der Waals surface area (Å²) in [6.45, 7) is 6.62. The summed E-state index contributed by atoms with van der Waals surface area (Å²) in [7, 11) is 0. The lowest BCUT2D eigenvalue weighted by Gasteiger charge is -2.03. The average Bonchev–Trinajstić information content (AvgIpc) is 2.59. The number of carbonyl (C=O) groups excluding carboxylic acids is 1. The molecule has 0 spiro atoms. The number of rotatable bonds is 8. The molecule has 0 aliphatic heterocycles. The molecule has 3 nitrogen and oxygen atoms in total. The van der Waals surface area contributed by atoms with Crippen molar-refractivity contribution in [2.45, 2.75) is 6.92 Å². The van der Waals surface area contributed by atoms with Gasteiger partial charge in [0.2, 0.25) is 0 Å². The maximum atomic E-state index is 12.1. The number of allylic oxidation sites excluding steroid dienone is 1. The second-order valence-corrected chi connectivity index (χ2v) is 4.82. The smallest absolute Gasteiger partial charge is 0.185 e. The normalized spacial score (nSPS) is 10.5. The Morgan fingerprint density at radius 3 is 2.22 bits per heavy atom. The van der Waals surface area contributed by atoms with Gasteiger partial charge in [-0.2, -0.15) is 0 Å². The molecule has 0 heterocycles. The Kier molecular flexibility index (Phi) is 6.18. The predicted octanol–water partition coefficient (Wildman–Crippen LogP) is 4.55. The second kappa shape index (κ2) is 8.59. The van der Waals surface area contributed by atoms with Crippen molar-refractivity contribution in [3.05, 3.63) is 78.4 Å². The number of carbonyl (C=O) groups is 1. The van der Waals surface area contributed by atoms with E-state index in [0.717, 1.165) is 17.1 Å². The van der Waals surface area contributed by atoms with Crippen molar-refractivity contribution in [2.24, 2.45) is 0 Å². The fourth-order valence-corrected chi connectivity index (χ4v) is 1.98. The van der Waals surface area contributed by atoms with Crippen LogP contribution in [0.1, 0.15) is 22.8 Å². The first-order valence-electron chi connectivity index (χ1n) is 7.52. The van der Waals surface area contributed by atoms with Crippen LogP contribution in [-0.2, 0) is 0 Å². The summed E-state index contributed by atoms with van der Waals surface area (Å²) in [5.41, 5.74) is 1.57. The Morgan fingerprint density at radius 1 is 1.00 bits per heavy atom. The van der Waals surface area contributed by atoms with Crippen LogP contribution < -0.4 is 9.47 Å². The molecule has 0 aromatic heterocycles. The molecule has 0 saturated heterocycles. The largest absolute Gasteiger partial charge is 0.494 e. The maximum absolute atomic E-state index is 12.1. The van der Waals surface area contributed by atoms with Gasteiger partial charge in [0.25, 0.3) is 0 Å². The van der Waals surface area contributed by atoms with Crippen LogP contribution in [0.25, 0.3) is 6.08 Å². The Balaban J connectivity index is 1.98. The van der Waals surface area contributed by atoms with Crippen molar-refractivity contribution in [3.63, 3.8) is 0 Å². The molecule has 2 rings (SSSR count). The fraction of sp³-hybridized carbons (Fsp3) is 0.150. The molecule has 2 aromatic rings. The number of hydrogen-bond acceptors (Lipinski definition) is 3. The van der Waals surface area contributed by atoms with E-state index < -0.39 is 0 Å². The zero-order valence-corrected chi connectivity index (χ0v) is 13.2. The van der Waals surface area contributed by atoms with Gasteiger partial charge in [0.05, 0.1) is 6.61 Å². The summed E-state index contributed by atoms with van der Waals surface area (Å²) in [4.78, 5) is 12.1. The van der Waals surface area contributed by atoms with E-state index in [0.29, 0.717) is 18.8 Å². The minimum Gasteiger partial charge on any atom is -0.494 e. The first-order chi connectivity index (χ1) is 11.2. The highest BCUT2D eigenvalue weighted by molar-refractivity contribution is 6.06. The zero-order valence-electron chi connectivity index (χ0n) is 13.2. The van der Waals surface area contributed by atoms with Crippen LogP contribution in [-0.4, -0.2) is 19.0 Å². The highest BCUT2D eigenvalue weighted by Gasteiger charge is 2.02. The second-order valence-electron chi connectivity index (χ2n) is 4.82. The van der Waals surface area contributed by atoms with Gasteiger partial charge in [-0.1, -0.05) is 30.9 Å². The standard InChI is InChI=1S/C20H20O3/c1-3-15-23-19-10-5-16(6-11-19)7-14-20(21)17-8-12-18(13-9-17)22-4-2/h3,5-14H,1,4,15H2,2H3/b14-7+. The lowest BCUT2D eigenvalue weighted by molar-refractivity contribution is 0.104. The van der Waals surface area contributed by atoms with Crippen molar-refractivity contribution >= 4 is 11.9 Å². The third-order valence-corrected chi connectivity index (χ3v) is 3.12. The molecule has 0 aliphatic carbocycles. The van der Waals surface area contributed by atoms with E-state index >= 15 is 0 Å². The Labute approximate surface area is 136 Å². The first kappa shape index (κ1) is 16.6. The van der Waals surface area contributed by atoms with E-state index in [-0.39, 0.29) is 5.78 Å². The van der Waals surface area contributed by atoms with Crippen LogP contribution in [0.15, 0.2) is 67.3 Å². The van der Waals surface area contributed by atoms with Gasteiger partial charge in [0, 0.05) is 5.56 Å². The molecule has 0 fully saturated rings. The monoisotopic (exact) mass is 308 g/mol. The average molecular weight is 308 g/mol. The lowest BCUT2D eigenvalue weighted by atomic mass is 10.1. The molecule has 0 unspecified atom stereocenters. The molecule has 0 amide bonds. The number of hydrogen-bond donors (Lipinski definition) is 0. The molecule has 0 aliphatic rings. The molecule has 23 heavy (non-hydrogen) atoms. The number of ether oxygens (including phenoxy) is 2. The van der Waals surface area contributed by atoms with Crippen LogP contribution in [0, 0.1) is 0 Å². The van der Waals surface area contributed by atoms with Gasteiger partial charge in [-0.25, -0.2) is 0 Å². The van der Waals surface area contributed by atoms with Crippen LogP contribution in [0.4, 0.5) is 0 Å². The maximum Gasteiger partial charge on any atom is 0.185 e. The summed E-state index contributed by atoms with van der Waals surface area (Å²) in [5, 5.41) is 0. The quantitative estimate of drug-likeness (QED) is 0.408. The molecule has 118 valence electrons. The number of benzene rings is 2. The molecule has 0 bridgehead atoms. The summed E-state index contributed by atoms with van der Waals surface area (Å²) in [6.07, 6.45) is 5.05. The molecule has 0 atom stereocenters. The van der Waals surface area contributed by atoms with Crippen molar-refractivity contribution in [2.75, 3.05) is 13.2 Å². The topological polar surface area (TPSA) is 35.5 Å². The minimum absolute atomic E-state index is 0.0416. The summed E-state index contributed by atoms with van der Waals surface area (Å²) >= 11 is 0. The van der Waals surface area contributed by atoms with Crippen LogP contribution in [0.5, 0.6) is 11.5 Å². The highest BCUT2D eigenvalue weighted by atomic mass is 16.5. The Bertz CT molecular complexity index is 667. The van der Waals surface area contributed by atoms with Crippen molar-refractivity contribution in [1.29, 1.82) is 0 Å². The van der Waals surface area contributed by atoms with Gasteiger partial charge in [-0.05, 0) is 55.0 Å². The predicted molar refractivity (Wildman–Crippen MR) is 93.1 cm³/mol. The van der Waals surface area contributed by atoms with E-state index in [1.54, 1.807) is 42.5 Å². The van der Waals surface area contributed by atoms with E-state index in [4.69, 9.17) is 9.47 Å². The fourth-order valence-electron chi connectivity index (χ4n) is 1.98. The van der Waals surface area contributed by atoms with E-state index in [9.17, 15) is 4.79 Å². The molecule has 3 heteroatoms. The molecular formula is C20H20O3. The summed E-state index contributed by atoms with van der Waals surface area (Å²) < 4.78 is 10.8. The molecular weight excluding hydrogens is 288 g/mol. The Hall–Kier alpha value is -2.81. The van der Waals surface area contributed by atoms with Gasteiger partial charge in [-0.3, -0.25) is 4.79 Å². The van der Waals surface area contributed by atoms with Gasteiger partial charge in [-0.15, -0.1) is 0 Å².